The molecule has 0 spiro atoms. The zero-order valence-corrected chi connectivity index (χ0v) is 20.8. The first kappa shape index (κ1) is 27.5. The van der Waals surface area contributed by atoms with Crippen molar-refractivity contribution < 1.29 is 24.2 Å². The number of azide groups is 1. The third kappa shape index (κ3) is 9.59. The summed E-state index contributed by atoms with van der Waals surface area (Å²) in [5.41, 5.74) is 11.6. The number of hydrogen-bond donors (Lipinski definition) is 2. The Kier molecular flexibility index (Phi) is 10.4. The smallest absolute Gasteiger partial charge is 0.408 e. The molecule has 2 aromatic carbocycles. The molecule has 2 rings (SSSR count). The first-order valence-corrected chi connectivity index (χ1v) is 11.7. The van der Waals surface area contributed by atoms with Crippen LogP contribution >= 0.6 is 0 Å². The van der Waals surface area contributed by atoms with Crippen LogP contribution in [0.1, 0.15) is 51.7 Å². The summed E-state index contributed by atoms with van der Waals surface area (Å²) in [6.07, 6.45) is 1.80. The van der Waals surface area contributed by atoms with Crippen LogP contribution in [0.3, 0.4) is 0 Å². The van der Waals surface area contributed by atoms with E-state index in [1.807, 2.05) is 42.5 Å². The summed E-state index contributed by atoms with van der Waals surface area (Å²) < 4.78 is 11.0. The van der Waals surface area contributed by atoms with Gasteiger partial charge in [0.05, 0.1) is 6.61 Å². The Balaban J connectivity index is 2.04. The number of carbonyl (C=O) groups excluding carboxylic acids is 1. The van der Waals surface area contributed by atoms with Crippen LogP contribution in [0.25, 0.3) is 21.6 Å². The van der Waals surface area contributed by atoms with Crippen LogP contribution < -0.4 is 10.1 Å². The molecule has 188 valence electrons. The van der Waals surface area contributed by atoms with Gasteiger partial charge in [0.15, 0.2) is 0 Å². The third-order valence-corrected chi connectivity index (χ3v) is 5.14. The molecule has 0 saturated carbocycles. The van der Waals surface area contributed by atoms with Gasteiger partial charge in [0.2, 0.25) is 0 Å². The lowest BCUT2D eigenvalue weighted by Crippen LogP contribution is -2.44. The Labute approximate surface area is 206 Å². The minimum absolute atomic E-state index is 0.141. The Morgan fingerprint density at radius 1 is 1.14 bits per heavy atom. The molecule has 35 heavy (non-hydrogen) atoms. The molecule has 0 aliphatic carbocycles. The third-order valence-electron chi connectivity index (χ3n) is 5.14. The average molecular weight is 483 g/mol. The highest BCUT2D eigenvalue weighted by Crippen LogP contribution is 2.28. The largest absolute Gasteiger partial charge is 0.494 e. The number of carboxylic acid groups (broad SMARTS) is 1. The zero-order chi connectivity index (χ0) is 25.8. The number of ether oxygens (including phenoxy) is 2. The van der Waals surface area contributed by atoms with Gasteiger partial charge in [0.25, 0.3) is 0 Å². The quantitative estimate of drug-likeness (QED) is 0.168. The van der Waals surface area contributed by atoms with Crippen LogP contribution in [0.5, 0.6) is 5.75 Å². The van der Waals surface area contributed by atoms with Crippen LogP contribution in [-0.4, -0.2) is 42.0 Å². The predicted molar refractivity (Wildman–Crippen MR) is 134 cm³/mol. The molecule has 0 fully saturated rings. The number of benzene rings is 2. The Hall–Kier alpha value is -3.71. The van der Waals surface area contributed by atoms with Crippen molar-refractivity contribution in [1.29, 1.82) is 0 Å². The Morgan fingerprint density at radius 2 is 1.86 bits per heavy atom. The molecule has 0 bridgehead atoms. The van der Waals surface area contributed by atoms with Crippen molar-refractivity contribution in [2.24, 2.45) is 5.11 Å². The maximum Gasteiger partial charge on any atom is 0.408 e. The summed E-state index contributed by atoms with van der Waals surface area (Å²) in [4.78, 5) is 26.4. The lowest BCUT2D eigenvalue weighted by Gasteiger charge is -2.22. The number of carboxylic acids is 1. The van der Waals surface area contributed by atoms with Gasteiger partial charge in [-0.2, -0.15) is 0 Å². The van der Waals surface area contributed by atoms with Gasteiger partial charge >= 0.3 is 12.1 Å². The summed E-state index contributed by atoms with van der Waals surface area (Å²) in [7, 11) is 0. The van der Waals surface area contributed by atoms with Gasteiger partial charge in [-0.25, -0.2) is 9.59 Å². The van der Waals surface area contributed by atoms with Crippen LogP contribution in [-0.2, 0) is 22.4 Å². The number of aryl methyl sites for hydroxylation is 1. The molecule has 2 aromatic rings. The molecule has 9 heteroatoms. The number of unbranched alkanes of at least 4 members (excludes halogenated alkanes) is 1. The fourth-order valence-corrected chi connectivity index (χ4v) is 3.46. The van der Waals surface area contributed by atoms with Gasteiger partial charge in [-0.1, -0.05) is 42.4 Å². The van der Waals surface area contributed by atoms with E-state index in [2.05, 4.69) is 22.3 Å². The SMILES string of the molecule is CCc1cc(OCCCCN=[N+]=[N-])ccc1-c1ccc(C[C@H](NC(=O)OC(C)(C)C)C(=O)O)cc1. The highest BCUT2D eigenvalue weighted by molar-refractivity contribution is 5.80. The summed E-state index contributed by atoms with van der Waals surface area (Å²) in [5.74, 6) is -0.329. The van der Waals surface area contributed by atoms with Crippen LogP contribution in [0.4, 0.5) is 4.79 Å². The zero-order valence-electron chi connectivity index (χ0n) is 20.8. The van der Waals surface area contributed by atoms with Crippen molar-refractivity contribution in [3.8, 4) is 16.9 Å². The second-order valence-electron chi connectivity index (χ2n) is 9.12. The van der Waals surface area contributed by atoms with Crippen LogP contribution in [0.2, 0.25) is 0 Å². The predicted octanol–water partition coefficient (Wildman–Crippen LogP) is 5.91. The molecule has 0 heterocycles. The molecule has 0 aliphatic rings. The van der Waals surface area contributed by atoms with Crippen molar-refractivity contribution in [2.75, 3.05) is 13.2 Å². The fourth-order valence-electron chi connectivity index (χ4n) is 3.46. The van der Waals surface area contributed by atoms with E-state index in [0.717, 1.165) is 47.3 Å². The summed E-state index contributed by atoms with van der Waals surface area (Å²) in [6.45, 7) is 8.27. The van der Waals surface area contributed by atoms with E-state index in [1.165, 1.54) is 0 Å². The minimum Gasteiger partial charge on any atom is -0.494 e. The number of hydrogen-bond acceptors (Lipinski definition) is 5. The van der Waals surface area contributed by atoms with Gasteiger partial charge in [0.1, 0.15) is 17.4 Å². The van der Waals surface area contributed by atoms with E-state index < -0.39 is 23.7 Å². The van der Waals surface area contributed by atoms with Crippen molar-refractivity contribution in [3.05, 3.63) is 64.0 Å². The summed E-state index contributed by atoms with van der Waals surface area (Å²) in [5, 5.41) is 15.5. The topological polar surface area (TPSA) is 134 Å². The van der Waals surface area contributed by atoms with Crippen LogP contribution in [0, 0.1) is 0 Å². The number of aliphatic carboxylic acids is 1. The first-order valence-electron chi connectivity index (χ1n) is 11.7. The molecule has 0 unspecified atom stereocenters. The molecule has 1 amide bonds. The summed E-state index contributed by atoms with van der Waals surface area (Å²) in [6, 6.07) is 12.5. The molecular weight excluding hydrogens is 448 g/mol. The number of amides is 1. The molecule has 0 radical (unpaired) electrons. The van der Waals surface area contributed by atoms with Crippen LogP contribution in [0.15, 0.2) is 47.6 Å². The van der Waals surface area contributed by atoms with E-state index in [9.17, 15) is 14.7 Å². The second kappa shape index (κ2) is 13.2. The van der Waals surface area contributed by atoms with Crippen molar-refractivity contribution >= 4 is 12.1 Å². The molecule has 0 saturated heterocycles. The Morgan fingerprint density at radius 3 is 2.46 bits per heavy atom. The number of alkyl carbamates (subject to hydrolysis) is 1. The summed E-state index contributed by atoms with van der Waals surface area (Å²) >= 11 is 0. The van der Waals surface area contributed by atoms with E-state index in [4.69, 9.17) is 15.0 Å². The molecule has 0 aliphatic heterocycles. The normalized spacial score (nSPS) is 11.8. The van der Waals surface area contributed by atoms with Crippen molar-refractivity contribution in [2.45, 2.75) is 65.0 Å². The molecule has 0 aromatic heterocycles. The fraction of sp³-hybridized carbons (Fsp3) is 0.462. The molecule has 9 nitrogen and oxygen atoms in total. The van der Waals surface area contributed by atoms with Crippen molar-refractivity contribution in [1.82, 2.24) is 5.32 Å². The number of carbonyl (C=O) groups is 2. The lowest BCUT2D eigenvalue weighted by molar-refractivity contribution is -0.139. The standard InChI is InChI=1S/C26H34N4O5/c1-5-19-17-21(34-15-7-6-14-28-30-27)12-13-22(19)20-10-8-18(9-11-20)16-23(24(31)32)29-25(33)35-26(2,3)4/h8-13,17,23H,5-7,14-16H2,1-4H3,(H,29,33)(H,31,32)/t23-/m0/s1. The maximum absolute atomic E-state index is 12.0. The number of nitrogens with zero attached hydrogens (tertiary/aromatic N) is 3. The monoisotopic (exact) mass is 482 g/mol. The average Bonchev–Trinajstić information content (AvgIpc) is 2.80. The minimum atomic E-state index is -1.12. The first-order chi connectivity index (χ1) is 16.6. The van der Waals surface area contributed by atoms with Crippen molar-refractivity contribution in [3.63, 3.8) is 0 Å². The Bertz CT molecular complexity index is 1040. The highest BCUT2D eigenvalue weighted by atomic mass is 16.6. The molecular formula is C26H34N4O5. The van der Waals surface area contributed by atoms with Gasteiger partial charge in [-0.3, -0.25) is 0 Å². The van der Waals surface area contributed by atoms with Gasteiger partial charge in [-0.15, -0.1) is 0 Å². The highest BCUT2D eigenvalue weighted by Gasteiger charge is 2.24. The lowest BCUT2D eigenvalue weighted by atomic mass is 9.96. The van der Waals surface area contributed by atoms with E-state index >= 15 is 0 Å². The van der Waals surface area contributed by atoms with Gasteiger partial charge in [0, 0.05) is 17.9 Å². The second-order valence-corrected chi connectivity index (χ2v) is 9.12. The van der Waals surface area contributed by atoms with E-state index in [1.54, 1.807) is 20.8 Å². The number of nitrogens with one attached hydrogen (secondary N) is 1. The van der Waals surface area contributed by atoms with Gasteiger partial charge < -0.3 is 19.9 Å². The molecule has 1 atom stereocenters. The molecule has 2 N–H and O–H groups in total. The van der Waals surface area contributed by atoms with Gasteiger partial charge in [-0.05, 0) is 80.0 Å². The maximum atomic E-state index is 12.0. The van der Waals surface area contributed by atoms with E-state index in [-0.39, 0.29) is 6.42 Å². The number of rotatable bonds is 12. The van der Waals surface area contributed by atoms with E-state index in [0.29, 0.717) is 13.2 Å².